The van der Waals surface area contributed by atoms with Gasteiger partial charge in [0.15, 0.2) is 0 Å². The molecule has 1 saturated heterocycles. The predicted octanol–water partition coefficient (Wildman–Crippen LogP) is 3.93. The van der Waals surface area contributed by atoms with E-state index in [1.807, 2.05) is 12.1 Å². The van der Waals surface area contributed by atoms with Crippen LogP contribution in [0.3, 0.4) is 0 Å². The summed E-state index contributed by atoms with van der Waals surface area (Å²) < 4.78 is 14.2. The van der Waals surface area contributed by atoms with E-state index in [2.05, 4.69) is 37.9 Å². The number of nitrogens with one attached hydrogen (secondary N) is 1. The molecule has 0 amide bonds. The van der Waals surface area contributed by atoms with Crippen LogP contribution in [0.4, 0.5) is 4.39 Å². The molecule has 2 atom stereocenters. The molecular formula is C17H26ClFN2. The van der Waals surface area contributed by atoms with Crippen molar-refractivity contribution >= 4 is 11.6 Å². The molecule has 2 unspecified atom stereocenters. The monoisotopic (exact) mass is 312 g/mol. The van der Waals surface area contributed by atoms with E-state index in [0.29, 0.717) is 36.0 Å². The van der Waals surface area contributed by atoms with Gasteiger partial charge in [-0.3, -0.25) is 4.90 Å². The lowest BCUT2D eigenvalue weighted by Gasteiger charge is -2.43. The molecule has 0 saturated carbocycles. The van der Waals surface area contributed by atoms with Crippen molar-refractivity contribution in [1.82, 2.24) is 10.2 Å². The van der Waals surface area contributed by atoms with E-state index in [-0.39, 0.29) is 10.8 Å². The fourth-order valence-corrected chi connectivity index (χ4v) is 3.22. The van der Waals surface area contributed by atoms with Gasteiger partial charge in [-0.05, 0) is 17.9 Å². The lowest BCUT2D eigenvalue weighted by atomic mass is 9.93. The van der Waals surface area contributed by atoms with Crippen molar-refractivity contribution in [3.05, 3.63) is 34.6 Å². The van der Waals surface area contributed by atoms with Crippen LogP contribution in [0.15, 0.2) is 18.2 Å². The Balaban J connectivity index is 2.18. The Morgan fingerprint density at radius 3 is 2.62 bits per heavy atom. The summed E-state index contributed by atoms with van der Waals surface area (Å²) in [5, 5.41) is 3.84. The molecule has 1 aromatic rings. The van der Waals surface area contributed by atoms with Crippen molar-refractivity contribution in [2.75, 3.05) is 13.1 Å². The van der Waals surface area contributed by atoms with Gasteiger partial charge in [-0.1, -0.05) is 51.4 Å². The van der Waals surface area contributed by atoms with Crippen LogP contribution in [-0.2, 0) is 6.54 Å². The van der Waals surface area contributed by atoms with Crippen molar-refractivity contribution in [2.45, 2.75) is 46.3 Å². The molecule has 1 heterocycles. The number of benzene rings is 1. The van der Waals surface area contributed by atoms with Gasteiger partial charge in [-0.2, -0.15) is 0 Å². The molecule has 21 heavy (non-hydrogen) atoms. The SMILES string of the molecule is CC(C)C1CN(Cc2cccc(Cl)c2F)C(C(C)C)CN1. The zero-order valence-corrected chi connectivity index (χ0v) is 14.1. The average molecular weight is 313 g/mol. The third kappa shape index (κ3) is 3.97. The van der Waals surface area contributed by atoms with Gasteiger partial charge < -0.3 is 5.32 Å². The highest BCUT2D eigenvalue weighted by Gasteiger charge is 2.31. The number of hydrogen-bond donors (Lipinski definition) is 1. The zero-order valence-electron chi connectivity index (χ0n) is 13.4. The molecule has 1 aromatic carbocycles. The fourth-order valence-electron chi connectivity index (χ4n) is 3.03. The first-order chi connectivity index (χ1) is 9.90. The van der Waals surface area contributed by atoms with Gasteiger partial charge in [0.2, 0.25) is 0 Å². The highest BCUT2D eigenvalue weighted by molar-refractivity contribution is 6.30. The third-order valence-corrected chi connectivity index (χ3v) is 4.76. The van der Waals surface area contributed by atoms with Gasteiger partial charge in [0, 0.05) is 37.3 Å². The minimum atomic E-state index is -0.277. The lowest BCUT2D eigenvalue weighted by molar-refractivity contribution is 0.0774. The van der Waals surface area contributed by atoms with Crippen molar-refractivity contribution < 1.29 is 4.39 Å². The Kier molecular flexibility index (Phi) is 5.64. The van der Waals surface area contributed by atoms with Crippen LogP contribution >= 0.6 is 11.6 Å². The van der Waals surface area contributed by atoms with E-state index in [9.17, 15) is 4.39 Å². The molecular weight excluding hydrogens is 287 g/mol. The second-order valence-corrected chi connectivity index (χ2v) is 7.12. The Morgan fingerprint density at radius 1 is 1.29 bits per heavy atom. The van der Waals surface area contributed by atoms with Gasteiger partial charge in [0.05, 0.1) is 5.02 Å². The summed E-state index contributed by atoms with van der Waals surface area (Å²) in [4.78, 5) is 2.40. The third-order valence-electron chi connectivity index (χ3n) is 4.47. The summed E-state index contributed by atoms with van der Waals surface area (Å²) in [6, 6.07) is 6.16. The van der Waals surface area contributed by atoms with Gasteiger partial charge in [0.1, 0.15) is 5.82 Å². The molecule has 1 fully saturated rings. The molecule has 1 N–H and O–H groups in total. The molecule has 0 spiro atoms. The largest absolute Gasteiger partial charge is 0.311 e. The van der Waals surface area contributed by atoms with Crippen molar-refractivity contribution in [2.24, 2.45) is 11.8 Å². The van der Waals surface area contributed by atoms with Crippen LogP contribution in [0.5, 0.6) is 0 Å². The number of hydrogen-bond acceptors (Lipinski definition) is 2. The van der Waals surface area contributed by atoms with Crippen LogP contribution < -0.4 is 5.32 Å². The van der Waals surface area contributed by atoms with Crippen molar-refractivity contribution in [1.29, 1.82) is 0 Å². The number of rotatable bonds is 4. The second kappa shape index (κ2) is 7.08. The van der Waals surface area contributed by atoms with Crippen LogP contribution in [0, 0.1) is 17.7 Å². The highest BCUT2D eigenvalue weighted by atomic mass is 35.5. The van der Waals surface area contributed by atoms with Crippen LogP contribution in [0.1, 0.15) is 33.3 Å². The summed E-state index contributed by atoms with van der Waals surface area (Å²) in [6.45, 7) is 11.4. The normalized spacial score (nSPS) is 24.0. The number of halogens is 2. The minimum Gasteiger partial charge on any atom is -0.311 e. The second-order valence-electron chi connectivity index (χ2n) is 6.71. The van der Waals surface area contributed by atoms with E-state index in [1.165, 1.54) is 0 Å². The summed E-state index contributed by atoms with van der Waals surface area (Å²) >= 11 is 5.90. The molecule has 0 bridgehead atoms. The molecule has 0 aromatic heterocycles. The maximum atomic E-state index is 14.2. The first-order valence-corrected chi connectivity index (χ1v) is 8.18. The highest BCUT2D eigenvalue weighted by Crippen LogP contribution is 2.24. The molecule has 118 valence electrons. The standard InChI is InChI=1S/C17H26ClFN2/c1-11(2)15-10-21(16(8-20-15)12(3)4)9-13-6-5-7-14(18)17(13)19/h5-7,11-12,15-16,20H,8-10H2,1-4H3. The smallest absolute Gasteiger partial charge is 0.146 e. The van der Waals surface area contributed by atoms with Crippen molar-refractivity contribution in [3.8, 4) is 0 Å². The zero-order chi connectivity index (χ0) is 15.6. The van der Waals surface area contributed by atoms with Crippen molar-refractivity contribution in [3.63, 3.8) is 0 Å². The van der Waals surface area contributed by atoms with E-state index < -0.39 is 0 Å². The molecule has 2 nitrogen and oxygen atoms in total. The van der Waals surface area contributed by atoms with Gasteiger partial charge in [-0.25, -0.2) is 4.39 Å². The molecule has 1 aliphatic rings. The molecule has 0 radical (unpaired) electrons. The minimum absolute atomic E-state index is 0.212. The number of piperazine rings is 1. The first kappa shape index (κ1) is 16.7. The van der Waals surface area contributed by atoms with E-state index >= 15 is 0 Å². The lowest BCUT2D eigenvalue weighted by Crippen LogP contribution is -2.59. The maximum Gasteiger partial charge on any atom is 0.146 e. The number of nitrogens with zero attached hydrogens (tertiary/aromatic N) is 1. The van der Waals surface area contributed by atoms with Crippen LogP contribution in [-0.4, -0.2) is 30.1 Å². The molecule has 1 aliphatic heterocycles. The Hall–Kier alpha value is -0.640. The Bertz CT molecular complexity index is 476. The maximum absolute atomic E-state index is 14.2. The van der Waals surface area contributed by atoms with Gasteiger partial charge >= 0.3 is 0 Å². The molecule has 2 rings (SSSR count). The summed E-state index contributed by atoms with van der Waals surface area (Å²) in [6.07, 6.45) is 0. The van der Waals surface area contributed by atoms with Gasteiger partial charge in [-0.15, -0.1) is 0 Å². The Morgan fingerprint density at radius 2 is 2.00 bits per heavy atom. The molecule has 0 aliphatic carbocycles. The average Bonchev–Trinajstić information content (AvgIpc) is 2.43. The predicted molar refractivity (Wildman–Crippen MR) is 87.1 cm³/mol. The van der Waals surface area contributed by atoms with E-state index in [1.54, 1.807) is 6.07 Å². The summed E-state index contributed by atoms with van der Waals surface area (Å²) in [5.41, 5.74) is 0.692. The Labute approximate surface area is 132 Å². The quantitative estimate of drug-likeness (QED) is 0.906. The van der Waals surface area contributed by atoms with Crippen LogP contribution in [0.25, 0.3) is 0 Å². The van der Waals surface area contributed by atoms with E-state index in [4.69, 9.17) is 11.6 Å². The van der Waals surface area contributed by atoms with Crippen LogP contribution in [0.2, 0.25) is 5.02 Å². The summed E-state index contributed by atoms with van der Waals surface area (Å²) in [7, 11) is 0. The fraction of sp³-hybridized carbons (Fsp3) is 0.647. The molecule has 4 heteroatoms. The topological polar surface area (TPSA) is 15.3 Å². The first-order valence-electron chi connectivity index (χ1n) is 7.80. The van der Waals surface area contributed by atoms with E-state index in [0.717, 1.165) is 13.1 Å². The summed E-state index contributed by atoms with van der Waals surface area (Å²) in [5.74, 6) is 0.832. The van der Waals surface area contributed by atoms with Gasteiger partial charge in [0.25, 0.3) is 0 Å².